The lowest BCUT2D eigenvalue weighted by molar-refractivity contribution is -0.116. The zero-order valence-corrected chi connectivity index (χ0v) is 13.5. The third kappa shape index (κ3) is 2.49. The predicted octanol–water partition coefficient (Wildman–Crippen LogP) is 3.92. The summed E-state index contributed by atoms with van der Waals surface area (Å²) in [4.78, 5) is 18.8. The fourth-order valence-corrected chi connectivity index (χ4v) is 3.52. The molecular formula is C18H16ClN3O. The van der Waals surface area contributed by atoms with Crippen molar-refractivity contribution in [2.75, 3.05) is 12.4 Å². The fourth-order valence-electron chi connectivity index (χ4n) is 3.32. The van der Waals surface area contributed by atoms with E-state index in [1.165, 1.54) is 0 Å². The molecule has 1 N–H and O–H groups in total. The number of amides is 1. The molecule has 1 atom stereocenters. The highest BCUT2D eigenvalue weighted by atomic mass is 35.5. The molecule has 0 fully saturated rings. The summed E-state index contributed by atoms with van der Waals surface area (Å²) in [5.41, 5.74) is 5.01. The summed E-state index contributed by atoms with van der Waals surface area (Å²) in [6.07, 6.45) is 2.23. The van der Waals surface area contributed by atoms with E-state index in [0.717, 1.165) is 34.6 Å². The van der Waals surface area contributed by atoms with Crippen LogP contribution in [0.25, 0.3) is 0 Å². The van der Waals surface area contributed by atoms with E-state index >= 15 is 0 Å². The summed E-state index contributed by atoms with van der Waals surface area (Å²) < 4.78 is 0. The van der Waals surface area contributed by atoms with Crippen molar-refractivity contribution in [3.63, 3.8) is 0 Å². The number of carbonyl (C=O) groups excluding carboxylic acids is 1. The van der Waals surface area contributed by atoms with Crippen LogP contribution in [0.3, 0.4) is 0 Å². The molecule has 1 amide bonds. The van der Waals surface area contributed by atoms with Crippen molar-refractivity contribution in [3.05, 3.63) is 58.1 Å². The minimum atomic E-state index is 0.0117. The molecular weight excluding hydrogens is 310 g/mol. The highest BCUT2D eigenvalue weighted by Gasteiger charge is 2.30. The first kappa shape index (κ1) is 14.3. The van der Waals surface area contributed by atoms with Gasteiger partial charge in [0, 0.05) is 31.0 Å². The molecule has 0 saturated carbocycles. The highest BCUT2D eigenvalue weighted by Crippen LogP contribution is 2.44. The third-order valence-corrected chi connectivity index (χ3v) is 4.61. The first-order valence-electron chi connectivity index (χ1n) is 7.57. The molecule has 0 aliphatic carbocycles. The number of nitrogens with one attached hydrogen (secondary N) is 1. The van der Waals surface area contributed by atoms with Crippen molar-refractivity contribution < 1.29 is 4.79 Å². The number of hydrogen-bond donors (Lipinski definition) is 1. The van der Waals surface area contributed by atoms with E-state index < -0.39 is 0 Å². The molecule has 5 heteroatoms. The molecule has 1 unspecified atom stereocenters. The van der Waals surface area contributed by atoms with Gasteiger partial charge in [-0.25, -0.2) is 4.99 Å². The molecule has 0 radical (unpaired) electrons. The number of carbonyl (C=O) groups is 1. The van der Waals surface area contributed by atoms with Crippen LogP contribution in [0.1, 0.15) is 29.0 Å². The Kier molecular flexibility index (Phi) is 3.34. The number of hydrogen-bond acceptors (Lipinski definition) is 3. The molecule has 0 bridgehead atoms. The summed E-state index contributed by atoms with van der Waals surface area (Å²) in [5, 5.41) is 3.70. The van der Waals surface area contributed by atoms with Crippen LogP contribution in [-0.2, 0) is 11.3 Å². The largest absolute Gasteiger partial charge is 0.361 e. The van der Waals surface area contributed by atoms with Crippen molar-refractivity contribution in [2.45, 2.75) is 18.9 Å². The molecule has 2 aliphatic rings. The van der Waals surface area contributed by atoms with Crippen LogP contribution >= 0.6 is 11.6 Å². The van der Waals surface area contributed by atoms with Crippen molar-refractivity contribution in [1.82, 2.24) is 4.90 Å². The van der Waals surface area contributed by atoms with Gasteiger partial charge in [-0.1, -0.05) is 35.9 Å². The van der Waals surface area contributed by atoms with Gasteiger partial charge in [-0.15, -0.1) is 0 Å². The first-order chi connectivity index (χ1) is 11.1. The molecule has 23 heavy (non-hydrogen) atoms. The maximum Gasteiger partial charge on any atom is 0.225 e. The lowest BCUT2D eigenvalue weighted by Crippen LogP contribution is -2.25. The van der Waals surface area contributed by atoms with Crippen molar-refractivity contribution in [1.29, 1.82) is 0 Å². The Balaban J connectivity index is 1.86. The Hall–Kier alpha value is -2.33. The smallest absolute Gasteiger partial charge is 0.225 e. The van der Waals surface area contributed by atoms with Crippen molar-refractivity contribution in [3.8, 4) is 0 Å². The Morgan fingerprint density at radius 2 is 2.17 bits per heavy atom. The number of rotatable bonds is 1. The van der Waals surface area contributed by atoms with Crippen LogP contribution in [0.15, 0.2) is 41.4 Å². The quantitative estimate of drug-likeness (QED) is 0.863. The molecule has 2 heterocycles. The average Bonchev–Trinajstić information content (AvgIpc) is 2.53. The molecule has 2 aromatic carbocycles. The van der Waals surface area contributed by atoms with Gasteiger partial charge < -0.3 is 10.2 Å². The van der Waals surface area contributed by atoms with Gasteiger partial charge in [0.05, 0.1) is 17.7 Å². The average molecular weight is 326 g/mol. The van der Waals surface area contributed by atoms with Gasteiger partial charge in [0.25, 0.3) is 0 Å². The number of halogens is 1. The maximum atomic E-state index is 12.2. The molecule has 0 aromatic heterocycles. The summed E-state index contributed by atoms with van der Waals surface area (Å²) in [6, 6.07) is 11.9. The van der Waals surface area contributed by atoms with Gasteiger partial charge in [0.2, 0.25) is 5.91 Å². The molecule has 0 spiro atoms. The third-order valence-electron chi connectivity index (χ3n) is 4.38. The number of nitrogens with zero attached hydrogens (tertiary/aromatic N) is 2. The lowest BCUT2D eigenvalue weighted by atomic mass is 9.83. The normalized spacial score (nSPS) is 19.1. The number of anilines is 1. The number of fused-ring (bicyclic) bond motifs is 3. The summed E-state index contributed by atoms with van der Waals surface area (Å²) >= 11 is 6.13. The monoisotopic (exact) mass is 325 g/mol. The fraction of sp³-hybridized carbons (Fsp3) is 0.222. The number of aliphatic imine (C=N–C) groups is 1. The Morgan fingerprint density at radius 3 is 3.00 bits per heavy atom. The van der Waals surface area contributed by atoms with E-state index in [1.807, 2.05) is 36.2 Å². The van der Waals surface area contributed by atoms with Crippen LogP contribution in [0.2, 0.25) is 5.02 Å². The number of benzene rings is 2. The van der Waals surface area contributed by atoms with E-state index in [-0.39, 0.29) is 11.8 Å². The van der Waals surface area contributed by atoms with E-state index in [4.69, 9.17) is 11.6 Å². The van der Waals surface area contributed by atoms with E-state index in [2.05, 4.69) is 22.4 Å². The summed E-state index contributed by atoms with van der Waals surface area (Å²) in [5.74, 6) is 0.0302. The van der Waals surface area contributed by atoms with Crippen LogP contribution in [0.5, 0.6) is 0 Å². The molecule has 2 aromatic rings. The molecule has 4 nitrogen and oxygen atoms in total. The molecule has 0 saturated heterocycles. The van der Waals surface area contributed by atoms with Gasteiger partial charge in [-0.2, -0.15) is 0 Å². The van der Waals surface area contributed by atoms with Gasteiger partial charge >= 0.3 is 0 Å². The van der Waals surface area contributed by atoms with E-state index in [9.17, 15) is 4.79 Å². The van der Waals surface area contributed by atoms with Gasteiger partial charge in [0.15, 0.2) is 0 Å². The minimum absolute atomic E-state index is 0.0117. The second kappa shape index (κ2) is 5.39. The Morgan fingerprint density at radius 1 is 1.30 bits per heavy atom. The standard InChI is InChI=1S/C18H16ClN3O/c1-22-9-12-5-6-14-15(11-3-2-4-13(19)7-11)8-16(23)21-18(14)17(12)20-10-22/h2-7,10,15H,8-9H2,1H3,(H,21,23). The Bertz CT molecular complexity index is 831. The second-order valence-electron chi connectivity index (χ2n) is 6.06. The van der Waals surface area contributed by atoms with Crippen LogP contribution in [-0.4, -0.2) is 24.2 Å². The van der Waals surface area contributed by atoms with Crippen LogP contribution in [0, 0.1) is 0 Å². The summed E-state index contributed by atoms with van der Waals surface area (Å²) in [6.45, 7) is 0.795. The second-order valence-corrected chi connectivity index (χ2v) is 6.49. The highest BCUT2D eigenvalue weighted by molar-refractivity contribution is 6.30. The Labute approximate surface area is 139 Å². The SMILES string of the molecule is CN1C=Nc2c(ccc3c2NC(=O)CC3c2cccc(Cl)c2)C1. The zero-order chi connectivity index (χ0) is 16.0. The topological polar surface area (TPSA) is 44.7 Å². The van der Waals surface area contributed by atoms with Crippen molar-refractivity contribution >= 4 is 35.2 Å². The van der Waals surface area contributed by atoms with E-state index in [0.29, 0.717) is 11.4 Å². The first-order valence-corrected chi connectivity index (χ1v) is 7.95. The van der Waals surface area contributed by atoms with Crippen LogP contribution < -0.4 is 5.32 Å². The lowest BCUT2D eigenvalue weighted by Gasteiger charge is -2.30. The molecule has 116 valence electrons. The van der Waals surface area contributed by atoms with E-state index in [1.54, 1.807) is 6.34 Å². The zero-order valence-electron chi connectivity index (χ0n) is 12.7. The van der Waals surface area contributed by atoms with Gasteiger partial charge in [0.1, 0.15) is 0 Å². The van der Waals surface area contributed by atoms with Crippen molar-refractivity contribution in [2.24, 2.45) is 4.99 Å². The van der Waals surface area contributed by atoms with Crippen LogP contribution in [0.4, 0.5) is 11.4 Å². The summed E-state index contributed by atoms with van der Waals surface area (Å²) in [7, 11) is 1.99. The van der Waals surface area contributed by atoms with Gasteiger partial charge in [-0.3, -0.25) is 4.79 Å². The minimum Gasteiger partial charge on any atom is -0.361 e. The molecule has 4 rings (SSSR count). The van der Waals surface area contributed by atoms with Gasteiger partial charge in [-0.05, 0) is 28.8 Å². The molecule has 2 aliphatic heterocycles. The maximum absolute atomic E-state index is 12.2. The predicted molar refractivity (Wildman–Crippen MR) is 92.6 cm³/mol.